The molecule has 6 heteroatoms. The van der Waals surface area contributed by atoms with Crippen LogP contribution in [-0.2, 0) is 0 Å². The number of nitrogen functional groups attached to an aromatic ring is 1. The first-order chi connectivity index (χ1) is 9.06. The number of hydrazone groups is 1. The summed E-state index contributed by atoms with van der Waals surface area (Å²) < 4.78 is 0. The number of nitrogens with one attached hydrogen (secondary N) is 1. The number of nitrogens with two attached hydrogens (primary N) is 1. The highest BCUT2D eigenvalue weighted by atomic mass is 35.5. The van der Waals surface area contributed by atoms with E-state index in [0.29, 0.717) is 21.6 Å². The summed E-state index contributed by atoms with van der Waals surface area (Å²) in [6, 6.07) is 9.04. The largest absolute Gasteiger partial charge is 0.399 e. The predicted octanol–water partition coefficient (Wildman–Crippen LogP) is 3.81. The van der Waals surface area contributed by atoms with Gasteiger partial charge in [0.05, 0.1) is 15.8 Å². The topological polar surface area (TPSA) is 63.3 Å². The molecule has 0 radical (unpaired) electrons. The van der Waals surface area contributed by atoms with Crippen LogP contribution in [0.1, 0.15) is 12.5 Å². The first-order valence-corrected chi connectivity index (χ1v) is 6.29. The monoisotopic (exact) mass is 294 g/mol. The average molecular weight is 295 g/mol. The fourth-order valence-electron chi connectivity index (χ4n) is 1.42. The smallest absolute Gasteiger partial charge is 0.165 e. The van der Waals surface area contributed by atoms with Crippen molar-refractivity contribution in [2.24, 2.45) is 5.10 Å². The average Bonchev–Trinajstić information content (AvgIpc) is 2.38. The van der Waals surface area contributed by atoms with Crippen molar-refractivity contribution in [2.45, 2.75) is 6.92 Å². The highest BCUT2D eigenvalue weighted by molar-refractivity contribution is 6.35. The lowest BCUT2D eigenvalue weighted by Crippen LogP contribution is -2.01. The second-order valence-electron chi connectivity index (χ2n) is 3.91. The van der Waals surface area contributed by atoms with Crippen molar-refractivity contribution in [3.63, 3.8) is 0 Å². The molecule has 1 aromatic heterocycles. The van der Waals surface area contributed by atoms with Gasteiger partial charge in [-0.25, -0.2) is 4.98 Å². The van der Waals surface area contributed by atoms with Crippen LogP contribution >= 0.6 is 23.2 Å². The first kappa shape index (κ1) is 13.6. The van der Waals surface area contributed by atoms with Crippen LogP contribution in [0.4, 0.5) is 11.5 Å². The van der Waals surface area contributed by atoms with Gasteiger partial charge in [-0.05, 0) is 30.7 Å². The van der Waals surface area contributed by atoms with Crippen LogP contribution in [-0.4, -0.2) is 10.7 Å². The lowest BCUT2D eigenvalue weighted by molar-refractivity contribution is 1.22. The number of benzene rings is 1. The third-order valence-electron chi connectivity index (χ3n) is 2.47. The molecule has 0 saturated heterocycles. The summed E-state index contributed by atoms with van der Waals surface area (Å²) in [6.07, 6.45) is 1.50. The summed E-state index contributed by atoms with van der Waals surface area (Å²) in [7, 11) is 0. The lowest BCUT2D eigenvalue weighted by Gasteiger charge is -2.05. The summed E-state index contributed by atoms with van der Waals surface area (Å²) in [4.78, 5) is 4.06. The van der Waals surface area contributed by atoms with E-state index in [2.05, 4.69) is 15.5 Å². The van der Waals surface area contributed by atoms with E-state index in [9.17, 15) is 0 Å². The molecule has 0 aliphatic carbocycles. The molecule has 0 aliphatic heterocycles. The first-order valence-electron chi connectivity index (χ1n) is 5.53. The molecule has 0 saturated carbocycles. The molecule has 19 heavy (non-hydrogen) atoms. The minimum absolute atomic E-state index is 0.418. The van der Waals surface area contributed by atoms with Gasteiger partial charge >= 0.3 is 0 Å². The number of hydrogen-bond donors (Lipinski definition) is 2. The molecule has 0 atom stereocenters. The van der Waals surface area contributed by atoms with Gasteiger partial charge < -0.3 is 5.73 Å². The maximum atomic E-state index is 5.98. The van der Waals surface area contributed by atoms with E-state index < -0.39 is 0 Å². The molecular formula is C13H12Cl2N4. The Morgan fingerprint density at radius 1 is 1.26 bits per heavy atom. The molecule has 1 heterocycles. The molecule has 0 spiro atoms. The normalized spacial score (nSPS) is 11.4. The number of hydrogen-bond acceptors (Lipinski definition) is 4. The number of anilines is 2. The lowest BCUT2D eigenvalue weighted by atomic mass is 10.1. The number of rotatable bonds is 3. The van der Waals surface area contributed by atoms with Crippen LogP contribution < -0.4 is 11.2 Å². The Labute approximate surface area is 121 Å². The SMILES string of the molecule is C/C(=N/Nc1ncc(Cl)cc1Cl)c1ccc(N)cc1. The van der Waals surface area contributed by atoms with Gasteiger partial charge in [0, 0.05) is 11.9 Å². The minimum Gasteiger partial charge on any atom is -0.399 e. The molecule has 0 amide bonds. The molecule has 0 fully saturated rings. The van der Waals surface area contributed by atoms with Crippen LogP contribution in [0.3, 0.4) is 0 Å². The summed E-state index contributed by atoms with van der Waals surface area (Å²) >= 11 is 11.8. The second kappa shape index (κ2) is 5.91. The molecule has 2 aromatic rings. The molecular weight excluding hydrogens is 283 g/mol. The Kier molecular flexibility index (Phi) is 4.24. The van der Waals surface area contributed by atoms with Crippen molar-refractivity contribution in [2.75, 3.05) is 11.2 Å². The fraction of sp³-hybridized carbons (Fsp3) is 0.0769. The van der Waals surface area contributed by atoms with Crippen LogP contribution in [0.2, 0.25) is 10.0 Å². The summed E-state index contributed by atoms with van der Waals surface area (Å²) in [5.41, 5.74) is 10.9. The van der Waals surface area contributed by atoms with Gasteiger partial charge in [0.1, 0.15) is 0 Å². The third kappa shape index (κ3) is 3.59. The van der Waals surface area contributed by atoms with E-state index in [1.807, 2.05) is 31.2 Å². The molecule has 0 aliphatic rings. The number of halogens is 2. The van der Waals surface area contributed by atoms with Gasteiger partial charge in [-0.2, -0.15) is 5.10 Å². The fourth-order valence-corrected chi connectivity index (χ4v) is 1.84. The molecule has 4 nitrogen and oxygen atoms in total. The van der Waals surface area contributed by atoms with Crippen LogP contribution in [0.25, 0.3) is 0 Å². The molecule has 3 N–H and O–H groups in total. The van der Waals surface area contributed by atoms with Gasteiger partial charge in [-0.3, -0.25) is 5.43 Å². The van der Waals surface area contributed by atoms with Crippen molar-refractivity contribution in [3.8, 4) is 0 Å². The molecule has 0 unspecified atom stereocenters. The van der Waals surface area contributed by atoms with E-state index in [1.54, 1.807) is 6.07 Å². The van der Waals surface area contributed by atoms with Crippen LogP contribution in [0, 0.1) is 0 Å². The van der Waals surface area contributed by atoms with E-state index in [1.165, 1.54) is 6.20 Å². The zero-order chi connectivity index (χ0) is 13.8. The second-order valence-corrected chi connectivity index (χ2v) is 4.76. The Morgan fingerprint density at radius 3 is 2.58 bits per heavy atom. The highest BCUT2D eigenvalue weighted by Crippen LogP contribution is 2.22. The van der Waals surface area contributed by atoms with Gasteiger partial charge in [-0.15, -0.1) is 0 Å². The zero-order valence-electron chi connectivity index (χ0n) is 10.2. The highest BCUT2D eigenvalue weighted by Gasteiger charge is 2.02. The maximum absolute atomic E-state index is 5.98. The summed E-state index contributed by atoms with van der Waals surface area (Å²) in [5, 5.41) is 5.12. The quantitative estimate of drug-likeness (QED) is 0.514. The van der Waals surface area contributed by atoms with Crippen molar-refractivity contribution in [1.29, 1.82) is 0 Å². The van der Waals surface area contributed by atoms with Crippen molar-refractivity contribution >= 4 is 40.4 Å². The number of pyridine rings is 1. The molecule has 0 bridgehead atoms. The van der Waals surface area contributed by atoms with Crippen LogP contribution in [0.5, 0.6) is 0 Å². The number of aromatic nitrogens is 1. The van der Waals surface area contributed by atoms with Gasteiger partial charge in [0.2, 0.25) is 0 Å². The molecule has 98 valence electrons. The van der Waals surface area contributed by atoms with Crippen LogP contribution in [0.15, 0.2) is 41.6 Å². The van der Waals surface area contributed by atoms with Gasteiger partial charge in [-0.1, -0.05) is 35.3 Å². The van der Waals surface area contributed by atoms with E-state index in [0.717, 1.165) is 11.3 Å². The van der Waals surface area contributed by atoms with E-state index in [4.69, 9.17) is 28.9 Å². The maximum Gasteiger partial charge on any atom is 0.165 e. The Balaban J connectivity index is 2.15. The van der Waals surface area contributed by atoms with Gasteiger partial charge in [0.25, 0.3) is 0 Å². The minimum atomic E-state index is 0.418. The Hall–Kier alpha value is -1.78. The predicted molar refractivity (Wildman–Crippen MR) is 80.9 cm³/mol. The molecule has 2 rings (SSSR count). The van der Waals surface area contributed by atoms with Crippen molar-refractivity contribution in [1.82, 2.24) is 4.98 Å². The van der Waals surface area contributed by atoms with E-state index in [-0.39, 0.29) is 0 Å². The van der Waals surface area contributed by atoms with Gasteiger partial charge in [0.15, 0.2) is 5.82 Å². The zero-order valence-corrected chi connectivity index (χ0v) is 11.7. The van der Waals surface area contributed by atoms with Crippen molar-refractivity contribution in [3.05, 3.63) is 52.1 Å². The van der Waals surface area contributed by atoms with E-state index >= 15 is 0 Å². The standard InChI is InChI=1S/C13H12Cl2N4/c1-8(9-2-4-11(16)5-3-9)18-19-13-12(15)6-10(14)7-17-13/h2-7H,16H2,1H3,(H,17,19)/b18-8-. The summed E-state index contributed by atoms with van der Waals surface area (Å²) in [6.45, 7) is 1.88. The number of nitrogens with zero attached hydrogens (tertiary/aromatic N) is 2. The van der Waals surface area contributed by atoms with Crippen molar-refractivity contribution < 1.29 is 0 Å². The third-order valence-corrected chi connectivity index (χ3v) is 2.96. The Morgan fingerprint density at radius 2 is 1.95 bits per heavy atom. The summed E-state index contributed by atoms with van der Waals surface area (Å²) in [5.74, 6) is 0.459. The molecule has 1 aromatic carbocycles. The Bertz CT molecular complexity index is 609.